The molecule has 1 unspecified atom stereocenters. The number of nitrogens with zero attached hydrogens (tertiary/aromatic N) is 2. The molecule has 0 saturated heterocycles. The number of ether oxygens (including phenoxy) is 2. The Morgan fingerprint density at radius 1 is 1.30 bits per heavy atom. The molecule has 2 N–H and O–H groups in total. The van der Waals surface area contributed by atoms with Crippen LogP contribution in [0.1, 0.15) is 62.3 Å². The second-order valence-electron chi connectivity index (χ2n) is 7.44. The summed E-state index contributed by atoms with van der Waals surface area (Å²) in [6, 6.07) is 1.93. The highest BCUT2D eigenvalue weighted by atomic mass is 32.1. The Morgan fingerprint density at radius 3 is 2.87 bits per heavy atom. The molecule has 3 heterocycles. The molecule has 0 spiro atoms. The Hall–Kier alpha value is -2.94. The Morgan fingerprint density at radius 2 is 2.10 bits per heavy atom. The maximum absolute atomic E-state index is 12.5. The molecule has 0 amide bonds. The summed E-state index contributed by atoms with van der Waals surface area (Å²) < 4.78 is 16.0. The first-order chi connectivity index (χ1) is 14.4. The summed E-state index contributed by atoms with van der Waals surface area (Å²) in [6.07, 6.45) is 3.15. The van der Waals surface area contributed by atoms with Crippen molar-refractivity contribution in [3.05, 3.63) is 38.5 Å². The third kappa shape index (κ3) is 3.77. The van der Waals surface area contributed by atoms with Crippen molar-refractivity contribution in [2.45, 2.75) is 46.6 Å². The molecule has 3 aromatic rings. The second kappa shape index (κ2) is 8.06. The predicted molar refractivity (Wildman–Crippen MR) is 112 cm³/mol. The van der Waals surface area contributed by atoms with Crippen LogP contribution in [0.2, 0.25) is 0 Å². The van der Waals surface area contributed by atoms with Crippen LogP contribution < -0.4 is 5.73 Å². The number of thiophene rings is 1. The van der Waals surface area contributed by atoms with Gasteiger partial charge in [0.25, 0.3) is 0 Å². The Bertz CT molecular complexity index is 1130. The zero-order valence-corrected chi connectivity index (χ0v) is 17.9. The fraction of sp³-hybridized carbons (Fsp3) is 0.429. The van der Waals surface area contributed by atoms with E-state index in [1.165, 1.54) is 21.8 Å². The van der Waals surface area contributed by atoms with E-state index >= 15 is 0 Å². The second-order valence-corrected chi connectivity index (χ2v) is 8.58. The van der Waals surface area contributed by atoms with E-state index in [1.54, 1.807) is 13.8 Å². The molecule has 1 aliphatic carbocycles. The molecule has 0 radical (unpaired) electrons. The molecule has 8 nitrogen and oxygen atoms in total. The van der Waals surface area contributed by atoms with Crippen LogP contribution in [0.4, 0.5) is 5.82 Å². The van der Waals surface area contributed by atoms with Gasteiger partial charge in [0.05, 0.1) is 12.0 Å². The molecule has 1 aliphatic rings. The number of nitrogens with two attached hydrogens (primary N) is 1. The highest BCUT2D eigenvalue weighted by molar-refractivity contribution is 7.14. The zero-order valence-electron chi connectivity index (χ0n) is 17.1. The molecule has 0 fully saturated rings. The minimum Gasteiger partial charge on any atom is -0.462 e. The van der Waals surface area contributed by atoms with Gasteiger partial charge in [-0.05, 0) is 50.7 Å². The van der Waals surface area contributed by atoms with Crippen molar-refractivity contribution < 1.29 is 23.5 Å². The van der Waals surface area contributed by atoms with Crippen molar-refractivity contribution in [3.8, 4) is 0 Å². The van der Waals surface area contributed by atoms with Crippen LogP contribution in [0.25, 0.3) is 11.1 Å². The third-order valence-electron chi connectivity index (χ3n) is 5.14. The molecule has 0 aliphatic heterocycles. The van der Waals surface area contributed by atoms with Gasteiger partial charge in [0.15, 0.2) is 12.4 Å². The van der Waals surface area contributed by atoms with Crippen molar-refractivity contribution in [1.29, 1.82) is 0 Å². The van der Waals surface area contributed by atoms with Crippen molar-refractivity contribution in [2.24, 2.45) is 5.92 Å². The maximum Gasteiger partial charge on any atom is 0.348 e. The van der Waals surface area contributed by atoms with Crippen LogP contribution in [-0.4, -0.2) is 28.5 Å². The average Bonchev–Trinajstić information content (AvgIpc) is 3.26. The zero-order chi connectivity index (χ0) is 21.4. The summed E-state index contributed by atoms with van der Waals surface area (Å²) in [5.74, 6) is 0.303. The number of carbonyl (C=O) groups excluding carboxylic acids is 2. The Balaban J connectivity index is 1.52. The first kappa shape index (κ1) is 20.3. The summed E-state index contributed by atoms with van der Waals surface area (Å²) in [5.41, 5.74) is 7.66. The molecule has 0 saturated carbocycles. The number of fused-ring (bicyclic) bond motifs is 2. The number of aromatic nitrogens is 2. The lowest BCUT2D eigenvalue weighted by Gasteiger charge is -2.16. The number of carbonyl (C=O) groups is 2. The summed E-state index contributed by atoms with van der Waals surface area (Å²) >= 11 is 1.49. The van der Waals surface area contributed by atoms with Gasteiger partial charge in [0.1, 0.15) is 22.0 Å². The van der Waals surface area contributed by atoms with Gasteiger partial charge in [-0.1, -0.05) is 6.92 Å². The van der Waals surface area contributed by atoms with Gasteiger partial charge in [-0.2, -0.15) is 4.98 Å². The number of anilines is 1. The number of hydrogen-bond donors (Lipinski definition) is 1. The van der Waals surface area contributed by atoms with E-state index in [-0.39, 0.29) is 36.1 Å². The summed E-state index contributed by atoms with van der Waals surface area (Å²) in [7, 11) is 0. The molecule has 1 atom stereocenters. The standard InChI is InChI=1S/C21H23N3O5S/c1-4-27-21(26)16-11(3)29-19-17(16)18(22)23-15(24-19)9-28-20(25)14-8-12-7-10(2)5-6-13(12)30-14/h8,10H,4-7,9H2,1-3H3,(H2,22,23,24). The minimum atomic E-state index is -0.542. The lowest BCUT2D eigenvalue weighted by Crippen LogP contribution is -2.09. The summed E-state index contributed by atoms with van der Waals surface area (Å²) in [5, 5.41) is 0.307. The van der Waals surface area contributed by atoms with E-state index in [2.05, 4.69) is 16.9 Å². The number of furan rings is 1. The van der Waals surface area contributed by atoms with E-state index in [9.17, 15) is 9.59 Å². The van der Waals surface area contributed by atoms with E-state index in [4.69, 9.17) is 19.6 Å². The van der Waals surface area contributed by atoms with E-state index < -0.39 is 11.9 Å². The van der Waals surface area contributed by atoms with Crippen LogP contribution >= 0.6 is 11.3 Å². The summed E-state index contributed by atoms with van der Waals surface area (Å²) in [4.78, 5) is 35.0. The summed E-state index contributed by atoms with van der Waals surface area (Å²) in [6.45, 7) is 5.65. The number of hydrogen-bond acceptors (Lipinski definition) is 9. The third-order valence-corrected chi connectivity index (χ3v) is 6.36. The number of esters is 2. The first-order valence-corrected chi connectivity index (χ1v) is 10.7. The Kier molecular flexibility index (Phi) is 5.46. The lowest BCUT2D eigenvalue weighted by molar-refractivity contribution is 0.0467. The van der Waals surface area contributed by atoms with Crippen molar-refractivity contribution in [2.75, 3.05) is 12.3 Å². The molecular weight excluding hydrogens is 406 g/mol. The molecule has 0 aromatic carbocycles. The minimum absolute atomic E-state index is 0.0755. The van der Waals surface area contributed by atoms with Crippen LogP contribution in [0.15, 0.2) is 10.5 Å². The van der Waals surface area contributed by atoms with Crippen molar-refractivity contribution in [3.63, 3.8) is 0 Å². The highest BCUT2D eigenvalue weighted by Crippen LogP contribution is 2.33. The molecule has 9 heteroatoms. The van der Waals surface area contributed by atoms with Gasteiger partial charge in [-0.25, -0.2) is 14.6 Å². The van der Waals surface area contributed by atoms with Gasteiger partial charge in [-0.15, -0.1) is 11.3 Å². The molecule has 158 valence electrons. The largest absolute Gasteiger partial charge is 0.462 e. The predicted octanol–water partition coefficient (Wildman–Crippen LogP) is 3.83. The first-order valence-electron chi connectivity index (χ1n) is 9.88. The normalized spacial score (nSPS) is 15.8. The monoisotopic (exact) mass is 429 g/mol. The van der Waals surface area contributed by atoms with Crippen molar-refractivity contribution in [1.82, 2.24) is 9.97 Å². The van der Waals surface area contributed by atoms with Crippen LogP contribution in [-0.2, 0) is 28.9 Å². The van der Waals surface area contributed by atoms with Crippen LogP contribution in [0.5, 0.6) is 0 Å². The van der Waals surface area contributed by atoms with Crippen LogP contribution in [0.3, 0.4) is 0 Å². The Labute approximate surface area is 177 Å². The lowest BCUT2D eigenvalue weighted by atomic mass is 9.90. The van der Waals surface area contributed by atoms with E-state index in [0.717, 1.165) is 19.3 Å². The van der Waals surface area contributed by atoms with Crippen molar-refractivity contribution >= 4 is 40.2 Å². The average molecular weight is 429 g/mol. The van der Waals surface area contributed by atoms with Gasteiger partial charge in [0.2, 0.25) is 5.71 Å². The highest BCUT2D eigenvalue weighted by Gasteiger charge is 2.25. The number of aryl methyl sites for hydroxylation is 2. The number of nitrogen functional groups attached to an aromatic ring is 1. The fourth-order valence-electron chi connectivity index (χ4n) is 3.70. The van der Waals surface area contributed by atoms with E-state index in [0.29, 0.717) is 21.9 Å². The van der Waals surface area contributed by atoms with E-state index in [1.807, 2.05) is 6.07 Å². The van der Waals surface area contributed by atoms with Gasteiger partial charge >= 0.3 is 11.9 Å². The SMILES string of the molecule is CCOC(=O)c1c(C)oc2nc(COC(=O)c3cc4c(s3)CCC(C)C4)nc(N)c12. The molecule has 30 heavy (non-hydrogen) atoms. The van der Waals surface area contributed by atoms with Crippen LogP contribution in [0, 0.1) is 12.8 Å². The van der Waals surface area contributed by atoms with Gasteiger partial charge in [0, 0.05) is 4.88 Å². The topological polar surface area (TPSA) is 118 Å². The molecule has 0 bridgehead atoms. The quantitative estimate of drug-likeness (QED) is 0.608. The fourth-order valence-corrected chi connectivity index (χ4v) is 4.81. The molecule has 4 rings (SSSR count). The molecular formula is C21H23N3O5S. The molecule has 3 aromatic heterocycles. The van der Waals surface area contributed by atoms with Gasteiger partial charge in [-0.3, -0.25) is 0 Å². The van der Waals surface area contributed by atoms with Gasteiger partial charge < -0.3 is 19.6 Å². The number of rotatable bonds is 5. The smallest absolute Gasteiger partial charge is 0.348 e. The maximum atomic E-state index is 12.5.